The average Bonchev–Trinajstić information content (AvgIpc) is 3.23. The lowest BCUT2D eigenvalue weighted by molar-refractivity contribution is -0.922. The molecule has 25 heavy (non-hydrogen) atoms. The summed E-state index contributed by atoms with van der Waals surface area (Å²) in [5.74, 6) is 2.15. The number of hydrogen-bond acceptors (Lipinski definition) is 6. The second-order valence-corrected chi connectivity index (χ2v) is 8.22. The molecule has 0 aromatic carbocycles. The molecular weight excluding hydrogens is 336 g/mol. The molecule has 0 spiro atoms. The first kappa shape index (κ1) is 15.9. The number of fused-ring (bicyclic) bond motifs is 3. The van der Waals surface area contributed by atoms with E-state index in [0.29, 0.717) is 0 Å². The van der Waals surface area contributed by atoms with E-state index < -0.39 is 0 Å². The van der Waals surface area contributed by atoms with Gasteiger partial charge in [0, 0.05) is 18.0 Å². The zero-order valence-corrected chi connectivity index (χ0v) is 15.4. The Hall–Kier alpha value is -1.28. The Bertz CT molecular complexity index is 766. The van der Waals surface area contributed by atoms with E-state index in [1.807, 2.05) is 11.3 Å². The molecule has 134 valence electrons. The van der Waals surface area contributed by atoms with Gasteiger partial charge >= 0.3 is 0 Å². The van der Waals surface area contributed by atoms with Crippen molar-refractivity contribution in [3.63, 3.8) is 0 Å². The van der Waals surface area contributed by atoms with Gasteiger partial charge in [0.2, 0.25) is 0 Å². The highest BCUT2D eigenvalue weighted by molar-refractivity contribution is 7.19. The van der Waals surface area contributed by atoms with Gasteiger partial charge in [-0.15, -0.1) is 11.3 Å². The predicted octanol–water partition coefficient (Wildman–Crippen LogP) is 0.432. The van der Waals surface area contributed by atoms with Gasteiger partial charge in [-0.1, -0.05) is 0 Å². The second kappa shape index (κ2) is 6.79. The van der Waals surface area contributed by atoms with Gasteiger partial charge in [-0.05, 0) is 24.8 Å². The first-order chi connectivity index (χ1) is 12.4. The summed E-state index contributed by atoms with van der Waals surface area (Å²) in [6, 6.07) is 0. The van der Waals surface area contributed by atoms with Crippen molar-refractivity contribution in [1.82, 2.24) is 9.97 Å². The topological polar surface area (TPSA) is 51.9 Å². The maximum absolute atomic E-state index is 5.56. The number of aromatic nitrogens is 2. The molecule has 0 bridgehead atoms. The molecular formula is C18H25N4O2S+. The van der Waals surface area contributed by atoms with E-state index in [-0.39, 0.29) is 0 Å². The Morgan fingerprint density at radius 2 is 1.80 bits per heavy atom. The normalized spacial score (nSPS) is 21.8. The first-order valence-electron chi connectivity index (χ1n) is 9.43. The Labute approximate surface area is 151 Å². The number of ether oxygens (including phenoxy) is 2. The fourth-order valence-corrected chi connectivity index (χ4v) is 5.44. The molecule has 0 atom stereocenters. The van der Waals surface area contributed by atoms with Crippen LogP contribution in [0.3, 0.4) is 0 Å². The highest BCUT2D eigenvalue weighted by Gasteiger charge is 2.26. The number of rotatable bonds is 3. The Kier molecular flexibility index (Phi) is 4.33. The summed E-state index contributed by atoms with van der Waals surface area (Å²) >= 11 is 1.90. The molecule has 3 aliphatic rings. The Morgan fingerprint density at radius 3 is 2.64 bits per heavy atom. The van der Waals surface area contributed by atoms with Crippen molar-refractivity contribution in [2.75, 3.05) is 57.5 Å². The number of thiophene rings is 1. The van der Waals surface area contributed by atoms with E-state index >= 15 is 0 Å². The minimum absolute atomic E-state index is 0.794. The van der Waals surface area contributed by atoms with Crippen LogP contribution in [0, 0.1) is 0 Å². The number of morpholine rings is 2. The number of aryl methyl sites for hydroxylation is 2. The van der Waals surface area contributed by atoms with Gasteiger partial charge < -0.3 is 19.3 Å². The van der Waals surface area contributed by atoms with Crippen molar-refractivity contribution in [2.24, 2.45) is 0 Å². The molecule has 5 rings (SSSR count). The maximum atomic E-state index is 5.56. The summed E-state index contributed by atoms with van der Waals surface area (Å²) in [5, 5.41) is 1.33. The van der Waals surface area contributed by atoms with E-state index in [1.54, 1.807) is 0 Å². The summed E-state index contributed by atoms with van der Waals surface area (Å²) in [7, 11) is 0. The highest BCUT2D eigenvalue weighted by atomic mass is 32.1. The second-order valence-electron chi connectivity index (χ2n) is 7.14. The number of nitrogens with zero attached hydrogens (tertiary/aromatic N) is 3. The fourth-order valence-electron chi connectivity index (χ4n) is 4.16. The van der Waals surface area contributed by atoms with Crippen LogP contribution in [0.25, 0.3) is 10.2 Å². The van der Waals surface area contributed by atoms with Gasteiger partial charge in [0.25, 0.3) is 0 Å². The molecule has 1 N–H and O–H groups in total. The van der Waals surface area contributed by atoms with E-state index in [9.17, 15) is 0 Å². The van der Waals surface area contributed by atoms with Crippen LogP contribution in [-0.4, -0.2) is 62.6 Å². The van der Waals surface area contributed by atoms with Crippen molar-refractivity contribution in [3.8, 4) is 0 Å². The van der Waals surface area contributed by atoms with Crippen LogP contribution in [-0.2, 0) is 28.9 Å². The van der Waals surface area contributed by atoms with Crippen LogP contribution in [0.2, 0.25) is 0 Å². The molecule has 6 nitrogen and oxygen atoms in total. The lowest BCUT2D eigenvalue weighted by Crippen LogP contribution is -3.12. The third-order valence-electron chi connectivity index (χ3n) is 5.51. The highest BCUT2D eigenvalue weighted by Crippen LogP contribution is 2.40. The quantitative estimate of drug-likeness (QED) is 0.859. The van der Waals surface area contributed by atoms with Gasteiger partial charge in [-0.2, -0.15) is 0 Å². The molecule has 0 unspecified atom stereocenters. The summed E-state index contributed by atoms with van der Waals surface area (Å²) in [6.07, 6.45) is 3.67. The standard InChI is InChI=1S/C18H24N4O2S/c1-2-13-14(3-1)25-18-16(13)17(22-6-10-24-11-7-22)19-15(20-18)12-21-4-8-23-9-5-21/h1-12H2/p+1. The lowest BCUT2D eigenvalue weighted by atomic mass is 10.1. The predicted molar refractivity (Wildman–Crippen MR) is 97.7 cm³/mol. The zero-order chi connectivity index (χ0) is 16.6. The molecule has 2 aromatic rings. The Balaban J connectivity index is 1.55. The largest absolute Gasteiger partial charge is 0.378 e. The molecule has 4 heterocycles. The summed E-state index contributed by atoms with van der Waals surface area (Å²) < 4.78 is 11.0. The van der Waals surface area contributed by atoms with Gasteiger partial charge in [-0.25, -0.2) is 9.97 Å². The SMILES string of the molecule is C1Cc2sc3nc(C[NH+]4CCOCC4)nc(N4CCOCC4)c3c2C1. The van der Waals surface area contributed by atoms with Crippen molar-refractivity contribution in [2.45, 2.75) is 25.8 Å². The number of hydrogen-bond donors (Lipinski definition) is 1. The Morgan fingerprint density at radius 1 is 1.00 bits per heavy atom. The van der Waals surface area contributed by atoms with Crippen LogP contribution in [0.15, 0.2) is 0 Å². The summed E-state index contributed by atoms with van der Waals surface area (Å²) in [4.78, 5) is 16.7. The van der Waals surface area contributed by atoms with Crippen LogP contribution >= 0.6 is 11.3 Å². The van der Waals surface area contributed by atoms with Crippen molar-refractivity contribution in [1.29, 1.82) is 0 Å². The molecule has 0 radical (unpaired) electrons. The fraction of sp³-hybridized carbons (Fsp3) is 0.667. The minimum atomic E-state index is 0.794. The van der Waals surface area contributed by atoms with Crippen LogP contribution in [0.5, 0.6) is 0 Å². The van der Waals surface area contributed by atoms with Gasteiger partial charge in [0.05, 0.1) is 31.8 Å². The van der Waals surface area contributed by atoms with Gasteiger partial charge in [0.1, 0.15) is 30.3 Å². The van der Waals surface area contributed by atoms with Crippen molar-refractivity contribution < 1.29 is 14.4 Å². The summed E-state index contributed by atoms with van der Waals surface area (Å²) in [6.45, 7) is 8.15. The summed E-state index contributed by atoms with van der Waals surface area (Å²) in [5.41, 5.74) is 1.52. The molecule has 7 heteroatoms. The monoisotopic (exact) mass is 361 g/mol. The number of anilines is 1. The van der Waals surface area contributed by atoms with E-state index in [2.05, 4.69) is 4.90 Å². The van der Waals surface area contributed by atoms with E-state index in [1.165, 1.54) is 44.8 Å². The molecule has 2 saturated heterocycles. The molecule has 2 aromatic heterocycles. The zero-order valence-electron chi connectivity index (χ0n) is 14.6. The third kappa shape index (κ3) is 3.03. The lowest BCUT2D eigenvalue weighted by Gasteiger charge is -2.29. The van der Waals surface area contributed by atoms with Crippen LogP contribution < -0.4 is 9.80 Å². The smallest absolute Gasteiger partial charge is 0.187 e. The molecule has 0 saturated carbocycles. The number of nitrogens with one attached hydrogen (secondary N) is 1. The van der Waals surface area contributed by atoms with Crippen LogP contribution in [0.1, 0.15) is 22.7 Å². The third-order valence-corrected chi connectivity index (χ3v) is 6.70. The minimum Gasteiger partial charge on any atom is -0.378 e. The molecule has 2 aliphatic heterocycles. The van der Waals surface area contributed by atoms with Crippen molar-refractivity contribution in [3.05, 3.63) is 16.3 Å². The molecule has 2 fully saturated rings. The van der Waals surface area contributed by atoms with Gasteiger partial charge in [-0.3, -0.25) is 0 Å². The first-order valence-corrected chi connectivity index (χ1v) is 10.3. The van der Waals surface area contributed by atoms with Crippen LogP contribution in [0.4, 0.5) is 5.82 Å². The maximum Gasteiger partial charge on any atom is 0.187 e. The van der Waals surface area contributed by atoms with E-state index in [0.717, 1.165) is 70.8 Å². The number of quaternary nitrogens is 1. The molecule has 0 amide bonds. The molecule has 1 aliphatic carbocycles. The van der Waals surface area contributed by atoms with Crippen molar-refractivity contribution >= 4 is 27.4 Å². The average molecular weight is 361 g/mol. The van der Waals surface area contributed by atoms with Gasteiger partial charge in [0.15, 0.2) is 5.82 Å². The van der Waals surface area contributed by atoms with E-state index in [4.69, 9.17) is 19.4 Å².